The molecular formula is C11H12BrF3N2O2. The van der Waals surface area contributed by atoms with Gasteiger partial charge in [-0.15, -0.1) is 0 Å². The molecule has 0 atom stereocenters. The number of rotatable bonds is 5. The number of ether oxygens (including phenoxy) is 1. The van der Waals surface area contributed by atoms with Gasteiger partial charge in [-0.2, -0.15) is 13.2 Å². The van der Waals surface area contributed by atoms with E-state index in [4.69, 9.17) is 4.74 Å². The second-order valence-corrected chi connectivity index (χ2v) is 4.57. The molecule has 0 aliphatic rings. The Hall–Kier alpha value is -1.31. The Labute approximate surface area is 116 Å². The maximum Gasteiger partial charge on any atom is 0.406 e. The van der Waals surface area contributed by atoms with Crippen molar-refractivity contribution >= 4 is 21.8 Å². The zero-order chi connectivity index (χ0) is 14.5. The summed E-state index contributed by atoms with van der Waals surface area (Å²) in [4.78, 5) is 16.1. The number of likely N-dealkylation sites (N-methyl/N-ethyl adjacent to an activating group) is 1. The molecule has 1 aromatic rings. The summed E-state index contributed by atoms with van der Waals surface area (Å²) < 4.78 is 42.4. The second kappa shape index (κ2) is 6.74. The molecule has 0 saturated carbocycles. The molecule has 19 heavy (non-hydrogen) atoms. The van der Waals surface area contributed by atoms with E-state index in [1.165, 1.54) is 19.3 Å². The third-order valence-corrected chi connectivity index (χ3v) is 2.58. The van der Waals surface area contributed by atoms with Gasteiger partial charge in [0.1, 0.15) is 12.3 Å². The molecule has 0 radical (unpaired) electrons. The quantitative estimate of drug-likeness (QED) is 0.827. The first-order chi connectivity index (χ1) is 8.81. The smallest absolute Gasteiger partial charge is 0.406 e. The Kier molecular flexibility index (Phi) is 5.59. The third-order valence-electron chi connectivity index (χ3n) is 2.15. The van der Waals surface area contributed by atoms with E-state index in [9.17, 15) is 18.0 Å². The van der Waals surface area contributed by atoms with Gasteiger partial charge in [-0.1, -0.05) is 0 Å². The van der Waals surface area contributed by atoms with Gasteiger partial charge in [-0.25, -0.2) is 0 Å². The number of hydrogen-bond donors (Lipinski definition) is 0. The van der Waals surface area contributed by atoms with Crippen LogP contribution in [0.2, 0.25) is 0 Å². The molecule has 106 valence electrons. The number of hydrogen-bond acceptors (Lipinski definition) is 3. The van der Waals surface area contributed by atoms with E-state index in [1.54, 1.807) is 6.07 Å². The van der Waals surface area contributed by atoms with Crippen LogP contribution in [0.3, 0.4) is 0 Å². The van der Waals surface area contributed by atoms with Gasteiger partial charge in [0.25, 0.3) is 5.91 Å². The lowest BCUT2D eigenvalue weighted by atomic mass is 10.4. The van der Waals surface area contributed by atoms with Gasteiger partial charge in [0.05, 0.1) is 6.20 Å². The highest BCUT2D eigenvalue weighted by Crippen LogP contribution is 2.18. The number of carbonyl (C=O) groups is 1. The highest BCUT2D eigenvalue weighted by molar-refractivity contribution is 9.10. The van der Waals surface area contributed by atoms with Gasteiger partial charge >= 0.3 is 6.18 Å². The van der Waals surface area contributed by atoms with Crippen molar-refractivity contribution < 1.29 is 22.7 Å². The first kappa shape index (κ1) is 15.7. The molecule has 0 aliphatic carbocycles. The Morgan fingerprint density at radius 1 is 1.47 bits per heavy atom. The lowest BCUT2D eigenvalue weighted by Crippen LogP contribution is -2.41. The van der Waals surface area contributed by atoms with Crippen molar-refractivity contribution in [3.05, 3.63) is 22.9 Å². The standard InChI is InChI=1S/C11H12BrF3N2O2/c1-2-17(7-11(13,14)15)10(18)6-19-9-3-8(12)4-16-5-9/h3-5H,2,6-7H2,1H3. The van der Waals surface area contributed by atoms with Crippen LogP contribution in [-0.4, -0.2) is 41.7 Å². The van der Waals surface area contributed by atoms with E-state index in [0.717, 1.165) is 0 Å². The van der Waals surface area contributed by atoms with Gasteiger partial charge in [0, 0.05) is 17.2 Å². The predicted molar refractivity (Wildman–Crippen MR) is 65.7 cm³/mol. The average Bonchev–Trinajstić information content (AvgIpc) is 2.32. The Morgan fingerprint density at radius 3 is 2.68 bits per heavy atom. The second-order valence-electron chi connectivity index (χ2n) is 3.65. The van der Waals surface area contributed by atoms with Gasteiger partial charge in [0.15, 0.2) is 6.61 Å². The molecule has 0 unspecified atom stereocenters. The largest absolute Gasteiger partial charge is 0.482 e. The number of halogens is 4. The lowest BCUT2D eigenvalue weighted by molar-refractivity contribution is -0.161. The van der Waals surface area contributed by atoms with Crippen LogP contribution in [-0.2, 0) is 4.79 Å². The van der Waals surface area contributed by atoms with Crippen LogP contribution in [0.4, 0.5) is 13.2 Å². The third kappa shape index (κ3) is 5.91. The average molecular weight is 341 g/mol. The van der Waals surface area contributed by atoms with Crippen LogP contribution in [0.5, 0.6) is 5.75 Å². The van der Waals surface area contributed by atoms with Crippen LogP contribution < -0.4 is 4.74 Å². The van der Waals surface area contributed by atoms with Crippen molar-refractivity contribution in [2.45, 2.75) is 13.1 Å². The molecule has 4 nitrogen and oxygen atoms in total. The molecule has 1 amide bonds. The summed E-state index contributed by atoms with van der Waals surface area (Å²) in [6, 6.07) is 1.57. The summed E-state index contributed by atoms with van der Waals surface area (Å²) in [5.41, 5.74) is 0. The van der Waals surface area contributed by atoms with Crippen LogP contribution >= 0.6 is 15.9 Å². The fraction of sp³-hybridized carbons (Fsp3) is 0.455. The number of amides is 1. The fourth-order valence-electron chi connectivity index (χ4n) is 1.30. The van der Waals surface area contributed by atoms with Crippen molar-refractivity contribution in [3.63, 3.8) is 0 Å². The maximum absolute atomic E-state index is 12.2. The van der Waals surface area contributed by atoms with Gasteiger partial charge in [-0.05, 0) is 28.9 Å². The minimum absolute atomic E-state index is 0.0293. The molecule has 0 aliphatic heterocycles. The van der Waals surface area contributed by atoms with Crippen LogP contribution in [0.15, 0.2) is 22.9 Å². The summed E-state index contributed by atoms with van der Waals surface area (Å²) in [7, 11) is 0. The first-order valence-electron chi connectivity index (χ1n) is 5.39. The number of aromatic nitrogens is 1. The Bertz CT molecular complexity index is 440. The molecule has 0 N–H and O–H groups in total. The summed E-state index contributed by atoms with van der Waals surface area (Å²) in [5.74, 6) is -0.411. The van der Waals surface area contributed by atoms with Crippen molar-refractivity contribution in [1.29, 1.82) is 0 Å². The molecule has 1 rings (SSSR count). The highest BCUT2D eigenvalue weighted by Gasteiger charge is 2.32. The lowest BCUT2D eigenvalue weighted by Gasteiger charge is -2.22. The van der Waals surface area contributed by atoms with E-state index in [0.29, 0.717) is 15.1 Å². The SMILES string of the molecule is CCN(CC(F)(F)F)C(=O)COc1cncc(Br)c1. The van der Waals surface area contributed by atoms with Crippen molar-refractivity contribution in [2.75, 3.05) is 19.7 Å². The van der Waals surface area contributed by atoms with E-state index in [-0.39, 0.29) is 6.54 Å². The minimum Gasteiger partial charge on any atom is -0.482 e. The Balaban J connectivity index is 2.54. The molecule has 0 saturated heterocycles. The zero-order valence-electron chi connectivity index (χ0n) is 10.1. The maximum atomic E-state index is 12.2. The topological polar surface area (TPSA) is 42.4 Å². The van der Waals surface area contributed by atoms with Gasteiger partial charge in [0.2, 0.25) is 0 Å². The zero-order valence-corrected chi connectivity index (χ0v) is 11.7. The molecule has 1 heterocycles. The molecule has 8 heteroatoms. The van der Waals surface area contributed by atoms with Gasteiger partial charge in [-0.3, -0.25) is 9.78 Å². The Morgan fingerprint density at radius 2 is 2.16 bits per heavy atom. The number of nitrogens with zero attached hydrogens (tertiary/aromatic N) is 2. The minimum atomic E-state index is -4.41. The van der Waals surface area contributed by atoms with Crippen molar-refractivity contribution in [2.24, 2.45) is 0 Å². The molecule has 0 spiro atoms. The summed E-state index contributed by atoms with van der Waals surface area (Å²) in [6.45, 7) is -0.285. The van der Waals surface area contributed by atoms with E-state index >= 15 is 0 Å². The van der Waals surface area contributed by atoms with Crippen LogP contribution in [0.25, 0.3) is 0 Å². The van der Waals surface area contributed by atoms with Gasteiger partial charge < -0.3 is 9.64 Å². The fourth-order valence-corrected chi connectivity index (χ4v) is 1.64. The summed E-state index contributed by atoms with van der Waals surface area (Å²) in [5, 5.41) is 0. The highest BCUT2D eigenvalue weighted by atomic mass is 79.9. The molecule has 0 fully saturated rings. The molecule has 0 aromatic carbocycles. The summed E-state index contributed by atoms with van der Waals surface area (Å²) >= 11 is 3.16. The number of alkyl halides is 3. The van der Waals surface area contributed by atoms with Crippen LogP contribution in [0.1, 0.15) is 6.92 Å². The van der Waals surface area contributed by atoms with E-state index < -0.39 is 25.2 Å². The van der Waals surface area contributed by atoms with Crippen molar-refractivity contribution in [3.8, 4) is 5.75 Å². The first-order valence-corrected chi connectivity index (χ1v) is 6.19. The van der Waals surface area contributed by atoms with Crippen LogP contribution in [0, 0.1) is 0 Å². The molecule has 0 bridgehead atoms. The predicted octanol–water partition coefficient (Wildman–Crippen LogP) is 2.63. The normalized spacial score (nSPS) is 11.2. The summed E-state index contributed by atoms with van der Waals surface area (Å²) in [6.07, 6.45) is -1.52. The molecular weight excluding hydrogens is 329 g/mol. The number of carbonyl (C=O) groups excluding carboxylic acids is 1. The molecule has 1 aromatic heterocycles. The van der Waals surface area contributed by atoms with Crippen molar-refractivity contribution in [1.82, 2.24) is 9.88 Å². The van der Waals surface area contributed by atoms with E-state index in [1.807, 2.05) is 0 Å². The van der Waals surface area contributed by atoms with E-state index in [2.05, 4.69) is 20.9 Å². The monoisotopic (exact) mass is 340 g/mol. The number of pyridine rings is 1.